The molecule has 1 aliphatic heterocycles. The summed E-state index contributed by atoms with van der Waals surface area (Å²) in [5, 5.41) is 0. The molecule has 3 rings (SSSR count). The van der Waals surface area contributed by atoms with Crippen LogP contribution in [0.15, 0.2) is 48.5 Å². The molecule has 30 heavy (non-hydrogen) atoms. The Labute approximate surface area is 176 Å². The summed E-state index contributed by atoms with van der Waals surface area (Å²) in [4.78, 5) is 28.9. The van der Waals surface area contributed by atoms with Gasteiger partial charge in [0.05, 0.1) is 26.9 Å². The van der Waals surface area contributed by atoms with Crippen LogP contribution in [0.25, 0.3) is 6.08 Å². The van der Waals surface area contributed by atoms with Gasteiger partial charge in [0, 0.05) is 38.3 Å². The standard InChI is InChI=1S/C23H26N2O5/c1-28-18-7-4-17(5-8-18)6-11-22(26)24-12-14-25(15-13-24)23(27)20-10-9-19(29-2)16-21(20)30-3/h4-11,16H,12-15H2,1-3H3. The number of amides is 2. The maximum Gasteiger partial charge on any atom is 0.257 e. The third-order valence-corrected chi connectivity index (χ3v) is 5.05. The van der Waals surface area contributed by atoms with E-state index in [0.29, 0.717) is 43.2 Å². The van der Waals surface area contributed by atoms with E-state index in [1.54, 1.807) is 54.4 Å². The molecule has 2 amide bonds. The Morgan fingerprint density at radius 1 is 0.800 bits per heavy atom. The van der Waals surface area contributed by atoms with Gasteiger partial charge in [-0.3, -0.25) is 9.59 Å². The smallest absolute Gasteiger partial charge is 0.257 e. The Kier molecular flexibility index (Phi) is 6.95. The van der Waals surface area contributed by atoms with Crippen molar-refractivity contribution in [1.29, 1.82) is 0 Å². The lowest BCUT2D eigenvalue weighted by molar-refractivity contribution is -0.127. The van der Waals surface area contributed by atoms with Crippen LogP contribution in [0, 0.1) is 0 Å². The van der Waals surface area contributed by atoms with Gasteiger partial charge in [-0.2, -0.15) is 0 Å². The van der Waals surface area contributed by atoms with E-state index in [-0.39, 0.29) is 11.8 Å². The van der Waals surface area contributed by atoms with Gasteiger partial charge < -0.3 is 24.0 Å². The van der Waals surface area contributed by atoms with E-state index < -0.39 is 0 Å². The van der Waals surface area contributed by atoms with Gasteiger partial charge in [0.1, 0.15) is 17.2 Å². The Bertz CT molecular complexity index is 916. The van der Waals surface area contributed by atoms with Crippen LogP contribution in [-0.2, 0) is 4.79 Å². The van der Waals surface area contributed by atoms with Crippen molar-refractivity contribution in [3.05, 3.63) is 59.7 Å². The number of hydrogen-bond donors (Lipinski definition) is 0. The summed E-state index contributed by atoms with van der Waals surface area (Å²) in [6.07, 6.45) is 3.34. The monoisotopic (exact) mass is 410 g/mol. The molecule has 0 atom stereocenters. The van der Waals surface area contributed by atoms with Crippen molar-refractivity contribution in [2.45, 2.75) is 0 Å². The zero-order valence-electron chi connectivity index (χ0n) is 17.5. The third-order valence-electron chi connectivity index (χ3n) is 5.05. The highest BCUT2D eigenvalue weighted by molar-refractivity contribution is 5.97. The fraction of sp³-hybridized carbons (Fsp3) is 0.304. The van der Waals surface area contributed by atoms with Gasteiger partial charge in [-0.25, -0.2) is 0 Å². The summed E-state index contributed by atoms with van der Waals surface area (Å²) < 4.78 is 15.7. The number of methoxy groups -OCH3 is 3. The van der Waals surface area contributed by atoms with E-state index in [0.717, 1.165) is 11.3 Å². The Balaban J connectivity index is 1.58. The zero-order chi connectivity index (χ0) is 21.5. The van der Waals surface area contributed by atoms with Crippen molar-refractivity contribution < 1.29 is 23.8 Å². The van der Waals surface area contributed by atoms with E-state index in [4.69, 9.17) is 14.2 Å². The molecular formula is C23H26N2O5. The summed E-state index contributed by atoms with van der Waals surface area (Å²) in [5.74, 6) is 1.69. The molecule has 2 aromatic carbocycles. The summed E-state index contributed by atoms with van der Waals surface area (Å²) >= 11 is 0. The first-order valence-electron chi connectivity index (χ1n) is 9.68. The molecule has 158 valence electrons. The fourth-order valence-corrected chi connectivity index (χ4v) is 3.26. The van der Waals surface area contributed by atoms with Gasteiger partial charge in [-0.05, 0) is 35.9 Å². The number of rotatable bonds is 6. The SMILES string of the molecule is COc1ccc(C=CC(=O)N2CCN(C(=O)c3ccc(OC)cc3OC)CC2)cc1. The van der Waals surface area contributed by atoms with Crippen LogP contribution in [0.1, 0.15) is 15.9 Å². The van der Waals surface area contributed by atoms with Crippen LogP contribution in [0.2, 0.25) is 0 Å². The average molecular weight is 410 g/mol. The van der Waals surface area contributed by atoms with Crippen LogP contribution >= 0.6 is 0 Å². The van der Waals surface area contributed by atoms with Crippen LogP contribution in [0.4, 0.5) is 0 Å². The lowest BCUT2D eigenvalue weighted by Crippen LogP contribution is -2.50. The molecule has 0 unspecified atom stereocenters. The zero-order valence-corrected chi connectivity index (χ0v) is 17.5. The maximum absolute atomic E-state index is 12.9. The number of carbonyl (C=O) groups is 2. The second-order valence-electron chi connectivity index (χ2n) is 6.79. The first-order valence-corrected chi connectivity index (χ1v) is 9.68. The maximum atomic E-state index is 12.9. The quantitative estimate of drug-likeness (QED) is 0.685. The van der Waals surface area contributed by atoms with E-state index in [9.17, 15) is 9.59 Å². The summed E-state index contributed by atoms with van der Waals surface area (Å²) in [7, 11) is 4.70. The second-order valence-corrected chi connectivity index (χ2v) is 6.79. The average Bonchev–Trinajstić information content (AvgIpc) is 2.82. The molecule has 1 saturated heterocycles. The summed E-state index contributed by atoms with van der Waals surface area (Å²) in [5.41, 5.74) is 1.40. The minimum Gasteiger partial charge on any atom is -0.497 e. The van der Waals surface area contributed by atoms with Crippen LogP contribution in [-0.4, -0.2) is 69.1 Å². The largest absolute Gasteiger partial charge is 0.497 e. The first-order chi connectivity index (χ1) is 14.5. The van der Waals surface area contributed by atoms with Crippen molar-refractivity contribution in [3.8, 4) is 17.2 Å². The highest BCUT2D eigenvalue weighted by Crippen LogP contribution is 2.26. The lowest BCUT2D eigenvalue weighted by atomic mass is 10.1. The summed E-state index contributed by atoms with van der Waals surface area (Å²) in [6.45, 7) is 1.90. The highest BCUT2D eigenvalue weighted by atomic mass is 16.5. The lowest BCUT2D eigenvalue weighted by Gasteiger charge is -2.34. The van der Waals surface area contributed by atoms with Crippen molar-refractivity contribution in [3.63, 3.8) is 0 Å². The summed E-state index contributed by atoms with van der Waals surface area (Å²) in [6, 6.07) is 12.6. The minimum atomic E-state index is -0.115. The molecule has 0 saturated carbocycles. The third kappa shape index (κ3) is 4.92. The number of benzene rings is 2. The first kappa shape index (κ1) is 21.2. The number of piperazine rings is 1. The number of hydrogen-bond acceptors (Lipinski definition) is 5. The Morgan fingerprint density at radius 2 is 1.40 bits per heavy atom. The molecule has 7 nitrogen and oxygen atoms in total. The molecule has 0 N–H and O–H groups in total. The van der Waals surface area contributed by atoms with Crippen LogP contribution in [0.3, 0.4) is 0 Å². The van der Waals surface area contributed by atoms with Gasteiger partial charge >= 0.3 is 0 Å². The number of ether oxygens (including phenoxy) is 3. The Hall–Kier alpha value is -3.48. The molecule has 0 radical (unpaired) electrons. The van der Waals surface area contributed by atoms with Crippen molar-refractivity contribution in [2.75, 3.05) is 47.5 Å². The van der Waals surface area contributed by atoms with Crippen molar-refractivity contribution in [1.82, 2.24) is 9.80 Å². The predicted octanol–water partition coefficient (Wildman–Crippen LogP) is 2.71. The molecule has 1 fully saturated rings. The van der Waals surface area contributed by atoms with Crippen molar-refractivity contribution >= 4 is 17.9 Å². The normalized spacial score (nSPS) is 14.0. The van der Waals surface area contributed by atoms with E-state index in [1.165, 1.54) is 7.11 Å². The molecule has 1 aliphatic rings. The second kappa shape index (κ2) is 9.82. The van der Waals surface area contributed by atoms with Crippen molar-refractivity contribution in [2.24, 2.45) is 0 Å². The van der Waals surface area contributed by atoms with Crippen LogP contribution in [0.5, 0.6) is 17.2 Å². The molecule has 0 bridgehead atoms. The predicted molar refractivity (Wildman–Crippen MR) is 114 cm³/mol. The van der Waals surface area contributed by atoms with Gasteiger partial charge in [-0.15, -0.1) is 0 Å². The van der Waals surface area contributed by atoms with Gasteiger partial charge in [-0.1, -0.05) is 12.1 Å². The minimum absolute atomic E-state index is 0.0695. The molecule has 0 aliphatic carbocycles. The topological polar surface area (TPSA) is 68.3 Å². The molecule has 0 spiro atoms. The number of carbonyl (C=O) groups excluding carboxylic acids is 2. The Morgan fingerprint density at radius 3 is 2.00 bits per heavy atom. The molecular weight excluding hydrogens is 384 g/mol. The highest BCUT2D eigenvalue weighted by Gasteiger charge is 2.25. The van der Waals surface area contributed by atoms with E-state index in [1.807, 2.05) is 24.3 Å². The molecule has 2 aromatic rings. The van der Waals surface area contributed by atoms with Gasteiger partial charge in [0.2, 0.25) is 5.91 Å². The van der Waals surface area contributed by atoms with E-state index in [2.05, 4.69) is 0 Å². The number of nitrogens with zero attached hydrogens (tertiary/aromatic N) is 2. The van der Waals surface area contributed by atoms with Gasteiger partial charge in [0.25, 0.3) is 5.91 Å². The van der Waals surface area contributed by atoms with E-state index >= 15 is 0 Å². The fourth-order valence-electron chi connectivity index (χ4n) is 3.26. The molecule has 0 aromatic heterocycles. The molecule has 1 heterocycles. The van der Waals surface area contributed by atoms with Gasteiger partial charge in [0.15, 0.2) is 0 Å². The molecule has 7 heteroatoms. The van der Waals surface area contributed by atoms with Crippen LogP contribution < -0.4 is 14.2 Å².